The Labute approximate surface area is 99.4 Å². The molecule has 1 N–H and O–H groups in total. The minimum absolute atomic E-state index is 0.125. The van der Waals surface area contributed by atoms with E-state index in [2.05, 4.69) is 17.9 Å². The van der Waals surface area contributed by atoms with Gasteiger partial charge in [-0.25, -0.2) is 4.39 Å². The van der Waals surface area contributed by atoms with Crippen molar-refractivity contribution < 1.29 is 13.9 Å². The summed E-state index contributed by atoms with van der Waals surface area (Å²) in [6, 6.07) is 4.62. The van der Waals surface area contributed by atoms with Crippen molar-refractivity contribution in [3.63, 3.8) is 0 Å². The zero-order valence-corrected chi connectivity index (χ0v) is 9.89. The van der Waals surface area contributed by atoms with E-state index in [-0.39, 0.29) is 17.4 Å². The molecule has 0 aliphatic heterocycles. The number of carbonyl (C=O) groups is 1. The van der Waals surface area contributed by atoms with E-state index >= 15 is 0 Å². The van der Waals surface area contributed by atoms with Gasteiger partial charge in [-0.3, -0.25) is 4.79 Å². The molecule has 0 spiro atoms. The van der Waals surface area contributed by atoms with Gasteiger partial charge in [-0.2, -0.15) is 12.6 Å². The van der Waals surface area contributed by atoms with Crippen molar-refractivity contribution in [2.24, 2.45) is 0 Å². The van der Waals surface area contributed by atoms with Crippen LogP contribution in [0.5, 0.6) is 5.75 Å². The Morgan fingerprint density at radius 3 is 2.88 bits per heavy atom. The standard InChI is InChI=1S/C11H14FNO2S/c1-2-15-10-4-3-8(5-9(10)12)6-13-11(14)7-16/h3-5,16H,2,6-7H2,1H3,(H,13,14). The van der Waals surface area contributed by atoms with Gasteiger partial charge in [0.25, 0.3) is 0 Å². The number of nitrogens with one attached hydrogen (secondary N) is 1. The third-order valence-corrected chi connectivity index (χ3v) is 2.22. The SMILES string of the molecule is CCOc1ccc(CNC(=O)CS)cc1F. The zero-order chi connectivity index (χ0) is 12.0. The molecule has 0 unspecified atom stereocenters. The predicted molar refractivity (Wildman–Crippen MR) is 63.3 cm³/mol. The highest BCUT2D eigenvalue weighted by molar-refractivity contribution is 7.81. The highest BCUT2D eigenvalue weighted by atomic mass is 32.1. The van der Waals surface area contributed by atoms with Crippen molar-refractivity contribution >= 4 is 18.5 Å². The van der Waals surface area contributed by atoms with Gasteiger partial charge in [0.05, 0.1) is 12.4 Å². The minimum Gasteiger partial charge on any atom is -0.491 e. The minimum atomic E-state index is -0.417. The van der Waals surface area contributed by atoms with Crippen LogP contribution in [0.25, 0.3) is 0 Å². The lowest BCUT2D eigenvalue weighted by Crippen LogP contribution is -2.23. The third-order valence-electron chi connectivity index (χ3n) is 1.93. The fourth-order valence-electron chi connectivity index (χ4n) is 1.18. The number of rotatable bonds is 5. The molecular weight excluding hydrogens is 229 g/mol. The largest absolute Gasteiger partial charge is 0.491 e. The van der Waals surface area contributed by atoms with Crippen LogP contribution in [0.15, 0.2) is 18.2 Å². The first-order valence-corrected chi connectivity index (χ1v) is 5.59. The first kappa shape index (κ1) is 12.8. The van der Waals surface area contributed by atoms with Crippen LogP contribution in [0.3, 0.4) is 0 Å². The Hall–Kier alpha value is -1.23. The van der Waals surface area contributed by atoms with E-state index in [0.717, 1.165) is 0 Å². The van der Waals surface area contributed by atoms with E-state index < -0.39 is 5.82 Å². The summed E-state index contributed by atoms with van der Waals surface area (Å²) in [4.78, 5) is 10.9. The number of benzene rings is 1. The monoisotopic (exact) mass is 243 g/mol. The van der Waals surface area contributed by atoms with Crippen molar-refractivity contribution in [3.8, 4) is 5.75 Å². The maximum absolute atomic E-state index is 13.4. The van der Waals surface area contributed by atoms with E-state index in [1.165, 1.54) is 6.07 Å². The quantitative estimate of drug-likeness (QED) is 0.774. The van der Waals surface area contributed by atoms with E-state index in [1.54, 1.807) is 19.1 Å². The maximum atomic E-state index is 13.4. The summed E-state index contributed by atoms with van der Waals surface area (Å²) < 4.78 is 18.5. The molecule has 88 valence electrons. The number of halogens is 1. The zero-order valence-electron chi connectivity index (χ0n) is 9.00. The number of hydrogen-bond donors (Lipinski definition) is 2. The van der Waals surface area contributed by atoms with Crippen molar-refractivity contribution in [1.29, 1.82) is 0 Å². The van der Waals surface area contributed by atoms with Gasteiger partial charge < -0.3 is 10.1 Å². The third kappa shape index (κ3) is 3.73. The van der Waals surface area contributed by atoms with Crippen LogP contribution < -0.4 is 10.1 Å². The number of ether oxygens (including phenoxy) is 1. The van der Waals surface area contributed by atoms with Crippen LogP contribution >= 0.6 is 12.6 Å². The topological polar surface area (TPSA) is 38.3 Å². The fraction of sp³-hybridized carbons (Fsp3) is 0.364. The van der Waals surface area contributed by atoms with Crippen LogP contribution in [0.2, 0.25) is 0 Å². The molecule has 0 fully saturated rings. The first-order chi connectivity index (χ1) is 7.67. The lowest BCUT2D eigenvalue weighted by Gasteiger charge is -2.07. The van der Waals surface area contributed by atoms with Gasteiger partial charge in [0.2, 0.25) is 5.91 Å². The van der Waals surface area contributed by atoms with Crippen molar-refractivity contribution in [3.05, 3.63) is 29.6 Å². The lowest BCUT2D eigenvalue weighted by atomic mass is 10.2. The van der Waals surface area contributed by atoms with Gasteiger partial charge in [0.1, 0.15) is 0 Å². The number of thiol groups is 1. The van der Waals surface area contributed by atoms with Crippen molar-refractivity contribution in [2.75, 3.05) is 12.4 Å². The van der Waals surface area contributed by atoms with Crippen LogP contribution in [0.4, 0.5) is 4.39 Å². The average molecular weight is 243 g/mol. The molecule has 0 bridgehead atoms. The highest BCUT2D eigenvalue weighted by Gasteiger charge is 2.04. The number of hydrogen-bond acceptors (Lipinski definition) is 3. The van der Waals surface area contributed by atoms with E-state index in [9.17, 15) is 9.18 Å². The highest BCUT2D eigenvalue weighted by Crippen LogP contribution is 2.18. The second-order valence-corrected chi connectivity index (χ2v) is 3.45. The molecule has 3 nitrogen and oxygen atoms in total. The molecule has 0 atom stereocenters. The molecule has 0 saturated carbocycles. The molecule has 1 aromatic carbocycles. The smallest absolute Gasteiger partial charge is 0.229 e. The Kier molecular flexibility index (Phi) is 5.11. The molecule has 0 aromatic heterocycles. The summed E-state index contributed by atoms with van der Waals surface area (Å²) in [6.07, 6.45) is 0. The molecular formula is C11H14FNO2S. The lowest BCUT2D eigenvalue weighted by molar-refractivity contribution is -0.118. The van der Waals surface area contributed by atoms with E-state index in [4.69, 9.17) is 4.74 Å². The second-order valence-electron chi connectivity index (χ2n) is 3.13. The van der Waals surface area contributed by atoms with Crippen molar-refractivity contribution in [1.82, 2.24) is 5.32 Å². The molecule has 1 amide bonds. The van der Waals surface area contributed by atoms with Gasteiger partial charge in [0.15, 0.2) is 11.6 Å². The molecule has 1 aromatic rings. The molecule has 0 radical (unpaired) electrons. The molecule has 0 saturated heterocycles. The Morgan fingerprint density at radius 1 is 1.56 bits per heavy atom. The fourth-order valence-corrected chi connectivity index (χ4v) is 1.30. The van der Waals surface area contributed by atoms with Gasteiger partial charge >= 0.3 is 0 Å². The van der Waals surface area contributed by atoms with Gasteiger partial charge in [0, 0.05) is 6.54 Å². The summed E-state index contributed by atoms with van der Waals surface area (Å²) in [7, 11) is 0. The molecule has 5 heteroatoms. The van der Waals surface area contributed by atoms with Crippen LogP contribution in [0, 0.1) is 5.82 Å². The molecule has 0 aliphatic rings. The maximum Gasteiger partial charge on any atom is 0.229 e. The molecule has 0 aliphatic carbocycles. The number of carbonyl (C=O) groups excluding carboxylic acids is 1. The molecule has 1 rings (SSSR count). The van der Waals surface area contributed by atoms with Gasteiger partial charge in [-0.05, 0) is 24.6 Å². The van der Waals surface area contributed by atoms with Gasteiger partial charge in [-0.1, -0.05) is 6.07 Å². The number of amides is 1. The molecule has 16 heavy (non-hydrogen) atoms. The van der Waals surface area contributed by atoms with Crippen molar-refractivity contribution in [2.45, 2.75) is 13.5 Å². The van der Waals surface area contributed by atoms with Crippen LogP contribution in [-0.4, -0.2) is 18.3 Å². The summed E-state index contributed by atoms with van der Waals surface area (Å²) in [5.74, 6) is -0.247. The van der Waals surface area contributed by atoms with Gasteiger partial charge in [-0.15, -0.1) is 0 Å². The average Bonchev–Trinajstić information content (AvgIpc) is 2.29. The summed E-state index contributed by atoms with van der Waals surface area (Å²) in [5, 5.41) is 2.60. The predicted octanol–water partition coefficient (Wildman–Crippen LogP) is 1.77. The summed E-state index contributed by atoms with van der Waals surface area (Å²) in [6.45, 7) is 2.51. The van der Waals surface area contributed by atoms with E-state index in [0.29, 0.717) is 18.7 Å². The van der Waals surface area contributed by atoms with E-state index in [1.807, 2.05) is 0 Å². The Balaban J connectivity index is 2.62. The summed E-state index contributed by atoms with van der Waals surface area (Å²) in [5.41, 5.74) is 0.691. The second kappa shape index (κ2) is 6.37. The Morgan fingerprint density at radius 2 is 2.31 bits per heavy atom. The Bertz CT molecular complexity index is 371. The summed E-state index contributed by atoms with van der Waals surface area (Å²) >= 11 is 3.82. The molecule has 0 heterocycles. The van der Waals surface area contributed by atoms with Crippen LogP contribution in [-0.2, 0) is 11.3 Å². The van der Waals surface area contributed by atoms with Crippen LogP contribution in [0.1, 0.15) is 12.5 Å². The first-order valence-electron chi connectivity index (χ1n) is 4.96. The normalized spacial score (nSPS) is 9.94.